The van der Waals surface area contributed by atoms with E-state index >= 15 is 0 Å². The fraction of sp³-hybridized carbons (Fsp3) is 0.812. The summed E-state index contributed by atoms with van der Waals surface area (Å²) in [5, 5.41) is 0. The van der Waals surface area contributed by atoms with Crippen LogP contribution >= 0.6 is 0 Å². The molecular formula is C32H56K2O16S2. The molecule has 52 heavy (non-hydrogen) atoms. The summed E-state index contributed by atoms with van der Waals surface area (Å²) in [5.74, 6) is 0.705. The minimum absolute atomic E-state index is 0. The van der Waals surface area contributed by atoms with Crippen molar-refractivity contribution in [2.45, 2.75) is 39.0 Å². The van der Waals surface area contributed by atoms with Crippen molar-refractivity contribution < 1.29 is 176 Å². The summed E-state index contributed by atoms with van der Waals surface area (Å²) >= 11 is 0. The van der Waals surface area contributed by atoms with Crippen LogP contribution in [0.25, 0.3) is 0 Å². The molecular weight excluding hydrogens is 783 g/mol. The van der Waals surface area contributed by atoms with Crippen molar-refractivity contribution >= 4 is 20.2 Å². The molecule has 0 amide bonds. The molecule has 0 saturated heterocycles. The summed E-state index contributed by atoms with van der Waals surface area (Å²) in [6.07, 6.45) is 2.43. The Hall–Kier alpha value is 1.59. The van der Waals surface area contributed by atoms with Crippen LogP contribution < -0.4 is 112 Å². The fourth-order valence-electron chi connectivity index (χ4n) is 3.97. The van der Waals surface area contributed by atoms with Crippen molar-refractivity contribution in [3.63, 3.8) is 0 Å². The van der Waals surface area contributed by atoms with E-state index in [-0.39, 0.29) is 114 Å². The minimum atomic E-state index is -4.15. The normalized spacial score (nSPS) is 11.6. The zero-order valence-electron chi connectivity index (χ0n) is 31.3. The van der Waals surface area contributed by atoms with Crippen LogP contribution in [0.3, 0.4) is 0 Å². The predicted molar refractivity (Wildman–Crippen MR) is 181 cm³/mol. The Balaban J connectivity index is 0. The van der Waals surface area contributed by atoms with E-state index in [9.17, 15) is 25.9 Å². The van der Waals surface area contributed by atoms with E-state index in [1.807, 2.05) is 18.2 Å². The van der Waals surface area contributed by atoms with E-state index < -0.39 is 20.2 Å². The first-order valence-corrected chi connectivity index (χ1v) is 20.1. The second-order valence-corrected chi connectivity index (χ2v) is 13.7. The smallest absolute Gasteiger partial charge is 0.748 e. The van der Waals surface area contributed by atoms with E-state index in [4.69, 9.17) is 47.4 Å². The third-order valence-corrected chi connectivity index (χ3v) is 8.08. The predicted octanol–water partition coefficient (Wildman–Crippen LogP) is -4.20. The molecule has 0 spiro atoms. The molecule has 0 atom stereocenters. The van der Waals surface area contributed by atoms with Gasteiger partial charge in [0.05, 0.1) is 113 Å². The van der Waals surface area contributed by atoms with Crippen molar-refractivity contribution in [3.05, 3.63) is 23.8 Å². The molecule has 0 aliphatic rings. The van der Waals surface area contributed by atoms with Crippen LogP contribution in [0.15, 0.2) is 18.2 Å². The van der Waals surface area contributed by atoms with Gasteiger partial charge in [-0.25, -0.2) is 16.8 Å². The summed E-state index contributed by atoms with van der Waals surface area (Å²) in [5.41, 5.74) is 1.07. The Morgan fingerprint density at radius 3 is 1.13 bits per heavy atom. The van der Waals surface area contributed by atoms with Crippen LogP contribution in [0.5, 0.6) is 11.5 Å². The Kier molecular flexibility index (Phi) is 40.8. The first-order chi connectivity index (χ1) is 24.1. The zero-order chi connectivity index (χ0) is 36.6. The van der Waals surface area contributed by atoms with Gasteiger partial charge in [0.15, 0.2) is 0 Å². The van der Waals surface area contributed by atoms with E-state index in [0.717, 1.165) is 17.7 Å². The molecule has 0 radical (unpaired) electrons. The van der Waals surface area contributed by atoms with E-state index in [0.29, 0.717) is 150 Å². The van der Waals surface area contributed by atoms with Gasteiger partial charge in [0.25, 0.3) is 0 Å². The third kappa shape index (κ3) is 38.5. The molecule has 294 valence electrons. The second kappa shape index (κ2) is 38.1. The van der Waals surface area contributed by atoms with Gasteiger partial charge in [0, 0.05) is 30.8 Å². The monoisotopic (exact) mass is 838 g/mol. The third-order valence-electron chi connectivity index (χ3n) is 6.50. The summed E-state index contributed by atoms with van der Waals surface area (Å²) in [6.45, 7) is 9.39. The molecule has 0 saturated carbocycles. The first-order valence-electron chi connectivity index (χ1n) is 17.0. The average Bonchev–Trinajstić information content (AvgIpc) is 3.06. The largest absolute Gasteiger partial charge is 1.00 e. The number of hydrogen-bond acceptors (Lipinski definition) is 16. The van der Waals surface area contributed by atoms with E-state index in [2.05, 4.69) is 6.92 Å². The van der Waals surface area contributed by atoms with Crippen molar-refractivity contribution in [2.75, 3.05) is 130 Å². The van der Waals surface area contributed by atoms with Crippen molar-refractivity contribution in [1.82, 2.24) is 0 Å². The molecule has 0 fully saturated rings. The van der Waals surface area contributed by atoms with Gasteiger partial charge in [0.2, 0.25) is 0 Å². The molecule has 1 rings (SSSR count). The maximum atomic E-state index is 10.5. The quantitative estimate of drug-likeness (QED) is 0.0354. The van der Waals surface area contributed by atoms with E-state index in [1.165, 1.54) is 0 Å². The van der Waals surface area contributed by atoms with Crippen LogP contribution in [0.4, 0.5) is 0 Å². The van der Waals surface area contributed by atoms with Crippen molar-refractivity contribution in [3.8, 4) is 11.5 Å². The Morgan fingerprint density at radius 1 is 0.462 bits per heavy atom. The van der Waals surface area contributed by atoms with Gasteiger partial charge < -0.3 is 56.5 Å². The number of aryl methyl sites for hydroxylation is 1. The molecule has 16 nitrogen and oxygen atoms in total. The molecule has 0 aliphatic carbocycles. The number of hydrogen-bond donors (Lipinski definition) is 0. The molecule has 0 aromatic heterocycles. The molecule has 20 heteroatoms. The molecule has 0 unspecified atom stereocenters. The zero-order valence-corrected chi connectivity index (χ0v) is 39.1. The van der Waals surface area contributed by atoms with Crippen molar-refractivity contribution in [2.24, 2.45) is 0 Å². The number of unbranched alkanes of at least 4 members (excludes halogenated alkanes) is 2. The van der Waals surface area contributed by atoms with Crippen LogP contribution in [0.1, 0.15) is 38.2 Å². The minimum Gasteiger partial charge on any atom is -0.748 e. The van der Waals surface area contributed by atoms with Gasteiger partial charge >= 0.3 is 103 Å². The van der Waals surface area contributed by atoms with Crippen LogP contribution in [0.2, 0.25) is 0 Å². The maximum absolute atomic E-state index is 10.5. The Labute approximate surface area is 395 Å². The van der Waals surface area contributed by atoms with Gasteiger partial charge in [-0.05, 0) is 43.7 Å². The summed E-state index contributed by atoms with van der Waals surface area (Å²) in [4.78, 5) is 0. The van der Waals surface area contributed by atoms with Crippen molar-refractivity contribution in [1.29, 1.82) is 0 Å². The van der Waals surface area contributed by atoms with E-state index in [1.54, 1.807) is 0 Å². The summed E-state index contributed by atoms with van der Waals surface area (Å²) in [7, 11) is -8.31. The topological polar surface area (TPSA) is 207 Å². The molecule has 1 aromatic rings. The Bertz CT molecular complexity index is 1160. The first kappa shape index (κ1) is 55.7. The fourth-order valence-corrected chi connectivity index (χ4v) is 5.08. The van der Waals surface area contributed by atoms with Gasteiger partial charge in [-0.2, -0.15) is 0 Å². The summed E-state index contributed by atoms with van der Waals surface area (Å²) < 4.78 is 118. The molecule has 0 bridgehead atoms. The standard InChI is InChI=1S/C32H58O16S2.2K/c1-2-30-7-8-31(47-25-23-45-21-19-43-17-15-41-13-11-39-9-3-5-27-49(33,34)35)29-32(30)48-26-24-46-22-20-44-18-16-42-14-12-40-10-4-6-28-50(36,37)38;;/h7-8,29H,2-6,9-28H2,1H3,(H,33,34,35)(H,36,37,38);;/q;2*+1/p-2. The van der Waals surface area contributed by atoms with Gasteiger partial charge in [-0.15, -0.1) is 0 Å². The number of benzene rings is 1. The Morgan fingerprint density at radius 2 is 0.788 bits per heavy atom. The number of ether oxygens (including phenoxy) is 10. The van der Waals surface area contributed by atoms with Crippen LogP contribution in [0, 0.1) is 0 Å². The van der Waals surface area contributed by atoms with Gasteiger partial charge in [0.1, 0.15) is 24.7 Å². The maximum Gasteiger partial charge on any atom is 1.00 e. The molecule has 1 aromatic carbocycles. The second-order valence-electron chi connectivity index (χ2n) is 10.7. The molecule has 0 heterocycles. The summed E-state index contributed by atoms with van der Waals surface area (Å²) in [6, 6.07) is 5.75. The number of rotatable bonds is 37. The average molecular weight is 839 g/mol. The van der Waals surface area contributed by atoms with Gasteiger partial charge in [-0.3, -0.25) is 0 Å². The van der Waals surface area contributed by atoms with Crippen LogP contribution in [-0.4, -0.2) is 156 Å². The van der Waals surface area contributed by atoms with Crippen LogP contribution in [-0.2, 0) is 64.6 Å². The molecule has 0 aliphatic heterocycles. The van der Waals surface area contributed by atoms with Gasteiger partial charge in [-0.1, -0.05) is 13.0 Å². The SMILES string of the molecule is CCc1ccc(OCCOCCOCCOCCOCCCCS(=O)(=O)[O-])cc1OCCOCCOCCOCCOCCCCS(=O)(=O)[O-].[K+].[K+]. The molecule has 0 N–H and O–H groups in total.